The van der Waals surface area contributed by atoms with Crippen LogP contribution in [0.5, 0.6) is 0 Å². The van der Waals surface area contributed by atoms with Gasteiger partial charge in [-0.25, -0.2) is 0 Å². The van der Waals surface area contributed by atoms with Crippen LogP contribution in [0.3, 0.4) is 0 Å². The minimum Gasteiger partial charge on any atom is -0.343 e. The van der Waals surface area contributed by atoms with E-state index in [1.54, 1.807) is 13.8 Å². The molecule has 13 heavy (non-hydrogen) atoms. The lowest BCUT2D eigenvalue weighted by Gasteiger charge is -2.34. The standard InChI is InChI=1S/C9H12N2O2/c1-4-5-11-7(3)8(12)10-6(2)9(11)13/h1,6-7H,5H2,2-3H3,(H,10,12). The van der Waals surface area contributed by atoms with Crippen LogP contribution in [0.1, 0.15) is 13.8 Å². The number of nitrogens with zero attached hydrogens (tertiary/aromatic N) is 1. The highest BCUT2D eigenvalue weighted by atomic mass is 16.2. The fourth-order valence-corrected chi connectivity index (χ4v) is 1.29. The van der Waals surface area contributed by atoms with E-state index in [1.165, 1.54) is 4.90 Å². The zero-order chi connectivity index (χ0) is 10.0. The molecule has 70 valence electrons. The molecule has 4 heteroatoms. The number of hydrogen-bond acceptors (Lipinski definition) is 2. The molecule has 0 aromatic carbocycles. The summed E-state index contributed by atoms with van der Waals surface area (Å²) in [6, 6.07) is -0.920. The summed E-state index contributed by atoms with van der Waals surface area (Å²) in [6.07, 6.45) is 5.10. The molecule has 1 heterocycles. The third-order valence-corrected chi connectivity index (χ3v) is 2.12. The Kier molecular flexibility index (Phi) is 2.57. The lowest BCUT2D eigenvalue weighted by molar-refractivity contribution is -0.147. The van der Waals surface area contributed by atoms with Crippen molar-refractivity contribution in [2.24, 2.45) is 0 Å². The molecule has 2 amide bonds. The Labute approximate surface area is 77.3 Å². The molecule has 0 aromatic rings. The van der Waals surface area contributed by atoms with Crippen molar-refractivity contribution in [3.63, 3.8) is 0 Å². The molecule has 1 aliphatic heterocycles. The Hall–Kier alpha value is -1.50. The van der Waals surface area contributed by atoms with Gasteiger partial charge in [-0.3, -0.25) is 9.59 Å². The molecule has 1 saturated heterocycles. The molecule has 0 spiro atoms. The first-order valence-electron chi connectivity index (χ1n) is 4.12. The van der Waals surface area contributed by atoms with Crippen molar-refractivity contribution in [3.05, 3.63) is 0 Å². The summed E-state index contributed by atoms with van der Waals surface area (Å²) in [7, 11) is 0. The monoisotopic (exact) mass is 180 g/mol. The summed E-state index contributed by atoms with van der Waals surface area (Å²) in [4.78, 5) is 24.2. The molecule has 1 fully saturated rings. The largest absolute Gasteiger partial charge is 0.343 e. The van der Waals surface area contributed by atoms with Gasteiger partial charge in [0.05, 0.1) is 6.54 Å². The van der Waals surface area contributed by atoms with Crippen LogP contribution in [0.4, 0.5) is 0 Å². The second kappa shape index (κ2) is 3.48. The van der Waals surface area contributed by atoms with E-state index in [1.807, 2.05) is 0 Å². The lowest BCUT2D eigenvalue weighted by atomic mass is 10.1. The fraction of sp³-hybridized carbons (Fsp3) is 0.556. The minimum atomic E-state index is -0.461. The number of piperazine rings is 1. The zero-order valence-electron chi connectivity index (χ0n) is 7.70. The van der Waals surface area contributed by atoms with Gasteiger partial charge in [-0.15, -0.1) is 6.42 Å². The van der Waals surface area contributed by atoms with E-state index in [0.717, 1.165) is 0 Å². The number of rotatable bonds is 1. The Balaban J connectivity index is 2.83. The highest BCUT2D eigenvalue weighted by Gasteiger charge is 2.34. The van der Waals surface area contributed by atoms with Crippen molar-refractivity contribution < 1.29 is 9.59 Å². The van der Waals surface area contributed by atoms with Crippen LogP contribution in [0.2, 0.25) is 0 Å². The van der Waals surface area contributed by atoms with E-state index in [-0.39, 0.29) is 18.4 Å². The first kappa shape index (κ1) is 9.59. The molecule has 2 unspecified atom stereocenters. The third-order valence-electron chi connectivity index (χ3n) is 2.12. The number of carbonyl (C=O) groups is 2. The number of carbonyl (C=O) groups excluding carboxylic acids is 2. The quantitative estimate of drug-likeness (QED) is 0.545. The van der Waals surface area contributed by atoms with Crippen molar-refractivity contribution in [3.8, 4) is 12.3 Å². The van der Waals surface area contributed by atoms with Gasteiger partial charge in [-0.1, -0.05) is 5.92 Å². The zero-order valence-corrected chi connectivity index (χ0v) is 7.70. The molecule has 0 saturated carbocycles. The second-order valence-electron chi connectivity index (χ2n) is 3.08. The van der Waals surface area contributed by atoms with Gasteiger partial charge in [-0.2, -0.15) is 0 Å². The Bertz CT molecular complexity index is 280. The Morgan fingerprint density at radius 3 is 2.69 bits per heavy atom. The predicted octanol–water partition coefficient (Wildman–Crippen LogP) is -0.645. The molecule has 1 N–H and O–H groups in total. The summed E-state index contributed by atoms with van der Waals surface area (Å²) in [5.74, 6) is 2.09. The SMILES string of the molecule is C#CCN1C(=O)C(C)NC(=O)C1C. The van der Waals surface area contributed by atoms with E-state index in [4.69, 9.17) is 6.42 Å². The molecule has 1 rings (SSSR count). The van der Waals surface area contributed by atoms with Gasteiger partial charge in [-0.05, 0) is 13.8 Å². The summed E-state index contributed by atoms with van der Waals surface area (Å²) >= 11 is 0. The predicted molar refractivity (Wildman–Crippen MR) is 47.6 cm³/mol. The molecule has 2 atom stereocenters. The number of terminal acetylenes is 1. The van der Waals surface area contributed by atoms with Gasteiger partial charge >= 0.3 is 0 Å². The van der Waals surface area contributed by atoms with Crippen molar-refractivity contribution in [2.75, 3.05) is 6.54 Å². The topological polar surface area (TPSA) is 49.4 Å². The smallest absolute Gasteiger partial charge is 0.246 e. The van der Waals surface area contributed by atoms with Crippen LogP contribution in [0, 0.1) is 12.3 Å². The average molecular weight is 180 g/mol. The maximum Gasteiger partial charge on any atom is 0.246 e. The molecule has 0 radical (unpaired) electrons. The minimum absolute atomic E-state index is 0.120. The molecular formula is C9H12N2O2. The molecule has 0 bridgehead atoms. The van der Waals surface area contributed by atoms with E-state index in [2.05, 4.69) is 11.2 Å². The average Bonchev–Trinajstić information content (AvgIpc) is 2.09. The van der Waals surface area contributed by atoms with E-state index in [0.29, 0.717) is 0 Å². The summed E-state index contributed by atoms with van der Waals surface area (Å²) in [5.41, 5.74) is 0. The molecule has 1 aliphatic rings. The number of nitrogens with one attached hydrogen (secondary N) is 1. The van der Waals surface area contributed by atoms with Crippen LogP contribution in [-0.4, -0.2) is 35.3 Å². The first-order chi connectivity index (χ1) is 6.07. The third kappa shape index (κ3) is 1.64. The van der Waals surface area contributed by atoms with Gasteiger partial charge < -0.3 is 10.2 Å². The van der Waals surface area contributed by atoms with Gasteiger partial charge in [0.15, 0.2) is 0 Å². The highest BCUT2D eigenvalue weighted by Crippen LogP contribution is 2.08. The van der Waals surface area contributed by atoms with Crippen LogP contribution in [0.15, 0.2) is 0 Å². The molecular weight excluding hydrogens is 168 g/mol. The lowest BCUT2D eigenvalue weighted by Crippen LogP contribution is -2.61. The normalized spacial score (nSPS) is 28.2. The van der Waals surface area contributed by atoms with Crippen molar-refractivity contribution in [2.45, 2.75) is 25.9 Å². The van der Waals surface area contributed by atoms with Crippen LogP contribution in [-0.2, 0) is 9.59 Å². The molecule has 4 nitrogen and oxygen atoms in total. The second-order valence-corrected chi connectivity index (χ2v) is 3.08. The van der Waals surface area contributed by atoms with Crippen molar-refractivity contribution in [1.82, 2.24) is 10.2 Å². The summed E-state index contributed by atoms with van der Waals surface area (Å²) < 4.78 is 0. The van der Waals surface area contributed by atoms with Crippen LogP contribution in [0.25, 0.3) is 0 Å². The van der Waals surface area contributed by atoms with Gasteiger partial charge in [0.25, 0.3) is 0 Å². The van der Waals surface area contributed by atoms with Gasteiger partial charge in [0.2, 0.25) is 11.8 Å². The van der Waals surface area contributed by atoms with Crippen LogP contribution >= 0.6 is 0 Å². The van der Waals surface area contributed by atoms with Crippen LogP contribution < -0.4 is 5.32 Å². The Morgan fingerprint density at radius 2 is 2.15 bits per heavy atom. The highest BCUT2D eigenvalue weighted by molar-refractivity contribution is 5.96. The van der Waals surface area contributed by atoms with Crippen molar-refractivity contribution >= 4 is 11.8 Å². The van der Waals surface area contributed by atoms with Gasteiger partial charge in [0.1, 0.15) is 12.1 Å². The van der Waals surface area contributed by atoms with Crippen molar-refractivity contribution in [1.29, 1.82) is 0 Å². The fourth-order valence-electron chi connectivity index (χ4n) is 1.29. The van der Waals surface area contributed by atoms with E-state index in [9.17, 15) is 9.59 Å². The number of amides is 2. The maximum atomic E-state index is 11.5. The number of hydrogen-bond donors (Lipinski definition) is 1. The summed E-state index contributed by atoms with van der Waals surface area (Å²) in [6.45, 7) is 3.50. The summed E-state index contributed by atoms with van der Waals surface area (Å²) in [5, 5.41) is 2.57. The molecule has 0 aromatic heterocycles. The molecule has 0 aliphatic carbocycles. The van der Waals surface area contributed by atoms with E-state index >= 15 is 0 Å². The maximum absolute atomic E-state index is 11.5. The Morgan fingerprint density at radius 1 is 1.54 bits per heavy atom. The van der Waals surface area contributed by atoms with E-state index < -0.39 is 12.1 Å². The first-order valence-corrected chi connectivity index (χ1v) is 4.12. The van der Waals surface area contributed by atoms with Gasteiger partial charge in [0, 0.05) is 0 Å².